The Morgan fingerprint density at radius 3 is 2.62 bits per heavy atom. The Morgan fingerprint density at radius 1 is 1.31 bits per heavy atom. The highest BCUT2D eigenvalue weighted by atomic mass is 19.1. The molecule has 0 bridgehead atoms. The highest BCUT2D eigenvalue weighted by molar-refractivity contribution is 5.64. The first kappa shape index (κ1) is 24.5. The van der Waals surface area contributed by atoms with Gasteiger partial charge in [-0.3, -0.25) is 0 Å². The molecule has 3 atom stereocenters. The van der Waals surface area contributed by atoms with E-state index in [2.05, 4.69) is 35.8 Å². The molecule has 0 aromatic heterocycles. The first-order chi connectivity index (χ1) is 15.3. The van der Waals surface area contributed by atoms with Crippen molar-refractivity contribution in [3.05, 3.63) is 35.6 Å². The molecule has 178 valence electrons. The predicted octanol–water partition coefficient (Wildman–Crippen LogP) is 5.25. The second kappa shape index (κ2) is 10.6. The van der Waals surface area contributed by atoms with Crippen LogP contribution >= 0.6 is 0 Å². The van der Waals surface area contributed by atoms with Crippen LogP contribution in [0, 0.1) is 17.7 Å². The molecule has 32 heavy (non-hydrogen) atoms. The Hall–Kier alpha value is -2.15. The molecule has 0 spiro atoms. The van der Waals surface area contributed by atoms with Gasteiger partial charge in [-0.1, -0.05) is 31.9 Å². The van der Waals surface area contributed by atoms with Gasteiger partial charge in [-0.2, -0.15) is 0 Å². The van der Waals surface area contributed by atoms with E-state index in [0.29, 0.717) is 11.8 Å². The summed E-state index contributed by atoms with van der Waals surface area (Å²) in [7, 11) is 5.48. The third-order valence-electron chi connectivity index (χ3n) is 7.06. The van der Waals surface area contributed by atoms with Crippen LogP contribution < -0.4 is 0 Å². The largest absolute Gasteiger partial charge is 0.510 e. The van der Waals surface area contributed by atoms with E-state index < -0.39 is 11.9 Å². The number of rotatable bonds is 8. The molecule has 0 amide bonds. The molecule has 6 nitrogen and oxygen atoms in total. The molecule has 0 radical (unpaired) electrons. The lowest BCUT2D eigenvalue weighted by Gasteiger charge is -2.40. The zero-order chi connectivity index (χ0) is 23.3. The first-order valence-corrected chi connectivity index (χ1v) is 11.8. The minimum atomic E-state index is -0.924. The second-order valence-corrected chi connectivity index (χ2v) is 9.59. The zero-order valence-electron chi connectivity index (χ0n) is 20.1. The maximum absolute atomic E-state index is 13.9. The summed E-state index contributed by atoms with van der Waals surface area (Å²) in [6, 6.07) is 7.24. The molecule has 0 N–H and O–H groups in total. The Bertz CT molecular complexity index is 794. The van der Waals surface area contributed by atoms with E-state index in [1.165, 1.54) is 13.2 Å². The van der Waals surface area contributed by atoms with Gasteiger partial charge >= 0.3 is 6.16 Å². The quantitative estimate of drug-likeness (QED) is 0.510. The van der Waals surface area contributed by atoms with Crippen LogP contribution in [-0.2, 0) is 9.47 Å². The predicted molar refractivity (Wildman–Crippen MR) is 124 cm³/mol. The number of aliphatic imine (C=N–C) groups is 1. The number of nitrogens with zero attached hydrogens (tertiary/aromatic N) is 3. The highest BCUT2D eigenvalue weighted by Crippen LogP contribution is 2.42. The lowest BCUT2D eigenvalue weighted by molar-refractivity contribution is -0.0462. The number of carbonyl (C=O) groups excluding carboxylic acids is 1. The SMILES string of the molecule is CCCN1C=NC(C)(OC(=O)OC)C1CC1CCC(C(c2cccc(F)c2)N(C)C)CC1. The third kappa shape index (κ3) is 5.61. The van der Waals surface area contributed by atoms with Crippen LogP contribution in [0.3, 0.4) is 0 Å². The molecule has 0 saturated heterocycles. The van der Waals surface area contributed by atoms with E-state index in [-0.39, 0.29) is 17.9 Å². The van der Waals surface area contributed by atoms with E-state index in [4.69, 9.17) is 9.47 Å². The van der Waals surface area contributed by atoms with Gasteiger partial charge < -0.3 is 19.3 Å². The first-order valence-electron chi connectivity index (χ1n) is 11.8. The number of hydrogen-bond donors (Lipinski definition) is 0. The number of hydrogen-bond acceptors (Lipinski definition) is 6. The molecule has 1 aromatic carbocycles. The Kier molecular flexibility index (Phi) is 8.15. The maximum Gasteiger partial charge on any atom is 0.510 e. The van der Waals surface area contributed by atoms with Gasteiger partial charge in [0.2, 0.25) is 5.72 Å². The lowest BCUT2D eigenvalue weighted by Crippen LogP contribution is -2.48. The minimum absolute atomic E-state index is 0.0102. The van der Waals surface area contributed by atoms with E-state index in [0.717, 1.165) is 50.6 Å². The van der Waals surface area contributed by atoms with Crippen molar-refractivity contribution < 1.29 is 18.7 Å². The molecule has 1 fully saturated rings. The minimum Gasteiger partial charge on any atom is -0.438 e. The molecule has 7 heteroatoms. The standard InChI is InChI=1S/C25H38FN3O3/c1-6-14-29-17-27-25(2,32-24(30)31-5)22(29)15-18-10-12-19(13-11-18)23(28(3)4)20-8-7-9-21(26)16-20/h7-9,16-19,22-23H,6,10-15H2,1-5H3. The van der Waals surface area contributed by atoms with Crippen LogP contribution in [0.2, 0.25) is 0 Å². The average molecular weight is 448 g/mol. The average Bonchev–Trinajstić information content (AvgIpc) is 3.04. The maximum atomic E-state index is 13.9. The van der Waals surface area contributed by atoms with Crippen molar-refractivity contribution in [1.82, 2.24) is 9.80 Å². The number of methoxy groups -OCH3 is 1. The molecule has 3 unspecified atom stereocenters. The third-order valence-corrected chi connectivity index (χ3v) is 7.06. The van der Waals surface area contributed by atoms with Crippen molar-refractivity contribution in [2.75, 3.05) is 27.7 Å². The molecular formula is C25H38FN3O3. The van der Waals surface area contributed by atoms with Crippen LogP contribution in [0.5, 0.6) is 0 Å². The molecule has 1 saturated carbocycles. The van der Waals surface area contributed by atoms with Crippen LogP contribution in [0.15, 0.2) is 29.3 Å². The topological polar surface area (TPSA) is 54.4 Å². The van der Waals surface area contributed by atoms with Gasteiger partial charge in [-0.05, 0) is 76.2 Å². The Labute approximate surface area is 191 Å². The van der Waals surface area contributed by atoms with Crippen LogP contribution in [-0.4, -0.2) is 61.8 Å². The van der Waals surface area contributed by atoms with Gasteiger partial charge in [0, 0.05) is 12.6 Å². The van der Waals surface area contributed by atoms with Crippen LogP contribution in [0.25, 0.3) is 0 Å². The van der Waals surface area contributed by atoms with Gasteiger partial charge in [-0.25, -0.2) is 14.2 Å². The summed E-state index contributed by atoms with van der Waals surface area (Å²) in [4.78, 5) is 20.8. The molecule has 2 aliphatic rings. The second-order valence-electron chi connectivity index (χ2n) is 9.59. The van der Waals surface area contributed by atoms with Crippen molar-refractivity contribution in [3.8, 4) is 0 Å². The van der Waals surface area contributed by atoms with Gasteiger partial charge in [0.15, 0.2) is 0 Å². The Morgan fingerprint density at radius 2 is 2.03 bits per heavy atom. The zero-order valence-corrected chi connectivity index (χ0v) is 20.1. The van der Waals surface area contributed by atoms with E-state index in [1.807, 2.05) is 19.3 Å². The van der Waals surface area contributed by atoms with E-state index in [1.54, 1.807) is 12.1 Å². The molecular weight excluding hydrogens is 409 g/mol. The summed E-state index contributed by atoms with van der Waals surface area (Å²) in [6.45, 7) is 4.89. The van der Waals surface area contributed by atoms with E-state index >= 15 is 0 Å². The normalized spacial score (nSPS) is 28.7. The van der Waals surface area contributed by atoms with Crippen LogP contribution in [0.1, 0.15) is 64.0 Å². The van der Waals surface area contributed by atoms with Crippen molar-refractivity contribution in [3.63, 3.8) is 0 Å². The fourth-order valence-corrected chi connectivity index (χ4v) is 5.53. The number of benzene rings is 1. The van der Waals surface area contributed by atoms with Gasteiger partial charge in [0.1, 0.15) is 5.82 Å². The number of carbonyl (C=O) groups is 1. The number of halogens is 1. The molecule has 1 aliphatic carbocycles. The lowest BCUT2D eigenvalue weighted by atomic mass is 9.74. The van der Waals surface area contributed by atoms with Crippen LogP contribution in [0.4, 0.5) is 9.18 Å². The highest BCUT2D eigenvalue weighted by Gasteiger charge is 2.46. The Balaban J connectivity index is 1.66. The summed E-state index contributed by atoms with van der Waals surface area (Å²) in [5.74, 6) is 0.853. The van der Waals surface area contributed by atoms with Gasteiger partial charge in [0.05, 0.1) is 19.5 Å². The summed E-state index contributed by atoms with van der Waals surface area (Å²) in [5, 5.41) is 0. The fourth-order valence-electron chi connectivity index (χ4n) is 5.53. The summed E-state index contributed by atoms with van der Waals surface area (Å²) < 4.78 is 24.2. The van der Waals surface area contributed by atoms with Crippen molar-refractivity contribution in [1.29, 1.82) is 0 Å². The smallest absolute Gasteiger partial charge is 0.438 e. The molecule has 3 rings (SSSR count). The van der Waals surface area contributed by atoms with Crippen molar-refractivity contribution in [2.24, 2.45) is 16.8 Å². The van der Waals surface area contributed by atoms with Gasteiger partial charge in [-0.15, -0.1) is 0 Å². The fraction of sp³-hybridized carbons (Fsp3) is 0.680. The van der Waals surface area contributed by atoms with Crippen molar-refractivity contribution in [2.45, 2.75) is 70.2 Å². The van der Waals surface area contributed by atoms with E-state index in [9.17, 15) is 9.18 Å². The molecule has 1 aromatic rings. The monoisotopic (exact) mass is 447 g/mol. The summed E-state index contributed by atoms with van der Waals surface area (Å²) in [6.07, 6.45) is 7.47. The summed E-state index contributed by atoms with van der Waals surface area (Å²) in [5.41, 5.74) is 0.128. The summed E-state index contributed by atoms with van der Waals surface area (Å²) >= 11 is 0. The molecule has 1 heterocycles. The number of ether oxygens (including phenoxy) is 2. The van der Waals surface area contributed by atoms with Gasteiger partial charge in [0.25, 0.3) is 0 Å². The molecule has 1 aliphatic heterocycles. The van der Waals surface area contributed by atoms with Crippen molar-refractivity contribution >= 4 is 12.5 Å².